The highest BCUT2D eigenvalue weighted by Gasteiger charge is 2.49. The molecular formula is C3H10NO3PS7. The smallest absolute Gasteiger partial charge is 0.323 e. The van der Waals surface area contributed by atoms with Gasteiger partial charge in [0.25, 0.3) is 0 Å². The van der Waals surface area contributed by atoms with Crippen LogP contribution in [0.15, 0.2) is 0 Å². The van der Waals surface area contributed by atoms with Crippen LogP contribution in [0.25, 0.3) is 0 Å². The SMILES string of the molecule is CSSSC(CSN)(SSS)P(=O)(O)O. The van der Waals surface area contributed by atoms with Gasteiger partial charge in [0.2, 0.25) is 0 Å². The maximum absolute atomic E-state index is 11.5. The van der Waals surface area contributed by atoms with Crippen molar-refractivity contribution in [3.8, 4) is 0 Å². The topological polar surface area (TPSA) is 83.6 Å². The van der Waals surface area contributed by atoms with Crippen molar-refractivity contribution in [2.75, 3.05) is 12.0 Å². The van der Waals surface area contributed by atoms with Crippen LogP contribution in [0.2, 0.25) is 0 Å². The molecule has 0 bridgehead atoms. The first kappa shape index (κ1) is 17.6. The maximum atomic E-state index is 11.5. The first-order valence-corrected chi connectivity index (χ1v) is 12.9. The van der Waals surface area contributed by atoms with E-state index in [-0.39, 0.29) is 5.75 Å². The molecular weight excluding hydrogens is 353 g/mol. The van der Waals surface area contributed by atoms with E-state index in [1.807, 2.05) is 6.26 Å². The molecule has 0 rings (SSSR count). The Hall–Kier alpha value is 2.56. The second kappa shape index (κ2) is 8.63. The van der Waals surface area contributed by atoms with Gasteiger partial charge in [0, 0.05) is 5.75 Å². The van der Waals surface area contributed by atoms with Gasteiger partial charge >= 0.3 is 7.60 Å². The molecule has 0 aromatic carbocycles. The Bertz CT molecular complexity index is 218. The summed E-state index contributed by atoms with van der Waals surface area (Å²) < 4.78 is 10.2. The number of thiol groups is 1. The molecule has 0 spiro atoms. The Morgan fingerprint density at radius 2 is 2.07 bits per heavy atom. The summed E-state index contributed by atoms with van der Waals surface area (Å²) in [6, 6.07) is 0. The van der Waals surface area contributed by atoms with Crippen LogP contribution in [0.5, 0.6) is 0 Å². The molecule has 0 fully saturated rings. The van der Waals surface area contributed by atoms with Gasteiger partial charge < -0.3 is 9.79 Å². The van der Waals surface area contributed by atoms with E-state index in [1.54, 1.807) is 0 Å². The molecule has 1 atom stereocenters. The monoisotopic (exact) mass is 363 g/mol. The maximum Gasteiger partial charge on any atom is 0.354 e. The zero-order valence-corrected chi connectivity index (χ0v) is 14.1. The molecule has 4 N–H and O–H groups in total. The van der Waals surface area contributed by atoms with Crippen molar-refractivity contribution >= 4 is 83.2 Å². The van der Waals surface area contributed by atoms with Gasteiger partial charge in [-0.1, -0.05) is 34.4 Å². The molecule has 92 valence electrons. The summed E-state index contributed by atoms with van der Waals surface area (Å²) in [5.41, 5.74) is 0. The Morgan fingerprint density at radius 1 is 1.47 bits per heavy atom. The fraction of sp³-hybridized carbons (Fsp3) is 1.00. The Kier molecular flexibility index (Phi) is 10.1. The van der Waals surface area contributed by atoms with E-state index in [1.165, 1.54) is 20.6 Å². The number of rotatable bonds is 8. The molecule has 0 saturated heterocycles. The van der Waals surface area contributed by atoms with E-state index in [4.69, 9.17) is 5.14 Å². The van der Waals surface area contributed by atoms with E-state index in [0.717, 1.165) is 43.4 Å². The van der Waals surface area contributed by atoms with Gasteiger partial charge in [-0.05, 0) is 47.5 Å². The molecule has 12 heteroatoms. The minimum atomic E-state index is -4.25. The van der Waals surface area contributed by atoms with Crippen molar-refractivity contribution < 1.29 is 14.4 Å². The Balaban J connectivity index is 4.80. The number of nitrogens with two attached hydrogens (primary N) is 1. The molecule has 0 aliphatic rings. The average Bonchev–Trinajstić information content (AvgIpc) is 2.13. The van der Waals surface area contributed by atoms with Crippen molar-refractivity contribution in [2.24, 2.45) is 5.14 Å². The average molecular weight is 364 g/mol. The third kappa shape index (κ3) is 5.82. The lowest BCUT2D eigenvalue weighted by Crippen LogP contribution is -2.22. The lowest BCUT2D eigenvalue weighted by molar-refractivity contribution is 0.369. The van der Waals surface area contributed by atoms with Crippen molar-refractivity contribution in [3.63, 3.8) is 0 Å². The molecule has 0 aliphatic carbocycles. The van der Waals surface area contributed by atoms with Gasteiger partial charge in [-0.2, -0.15) is 0 Å². The van der Waals surface area contributed by atoms with Crippen molar-refractivity contribution in [2.45, 2.75) is 3.82 Å². The summed E-state index contributed by atoms with van der Waals surface area (Å²) in [7, 11) is 1.72. The normalized spacial score (nSPS) is 16.3. The van der Waals surface area contributed by atoms with Gasteiger partial charge in [0.05, 0.1) is 0 Å². The molecule has 0 aromatic heterocycles. The predicted molar refractivity (Wildman–Crippen MR) is 84.3 cm³/mol. The van der Waals surface area contributed by atoms with Crippen LogP contribution < -0.4 is 5.14 Å². The van der Waals surface area contributed by atoms with Crippen molar-refractivity contribution in [1.82, 2.24) is 0 Å². The zero-order valence-electron chi connectivity index (χ0n) is 7.43. The number of hydrogen-bond donors (Lipinski definition) is 4. The van der Waals surface area contributed by atoms with Gasteiger partial charge in [-0.3, -0.25) is 9.70 Å². The van der Waals surface area contributed by atoms with Gasteiger partial charge in [0.15, 0.2) is 3.82 Å². The zero-order chi connectivity index (χ0) is 11.9. The molecule has 4 nitrogen and oxygen atoms in total. The highest BCUT2D eigenvalue weighted by molar-refractivity contribution is 9.13. The number of hydrogen-bond acceptors (Lipinski definition) is 9. The minimum Gasteiger partial charge on any atom is -0.323 e. The summed E-state index contributed by atoms with van der Waals surface area (Å²) in [6.45, 7) is 0. The fourth-order valence-electron chi connectivity index (χ4n) is 0.494. The standard InChI is InChI=1S/C3H10NO3PS7/c1-10-15-13-3(2-11-4,12-14-9)8(5,6)7/h9H,2,4H2,1H3,(H2,5,6,7). The van der Waals surface area contributed by atoms with Crippen LogP contribution in [0.3, 0.4) is 0 Å². The van der Waals surface area contributed by atoms with Crippen LogP contribution >= 0.6 is 83.2 Å². The van der Waals surface area contributed by atoms with Crippen LogP contribution in [0.4, 0.5) is 0 Å². The van der Waals surface area contributed by atoms with E-state index >= 15 is 0 Å². The van der Waals surface area contributed by atoms with E-state index in [0.29, 0.717) is 0 Å². The second-order valence-electron chi connectivity index (χ2n) is 2.04. The Morgan fingerprint density at radius 3 is 2.40 bits per heavy atom. The fourth-order valence-corrected chi connectivity index (χ4v) is 14.0. The molecule has 1 unspecified atom stereocenters. The lowest BCUT2D eigenvalue weighted by atomic mass is 10.9. The Labute approximate surface area is 117 Å². The quantitative estimate of drug-likeness (QED) is 0.169. The largest absolute Gasteiger partial charge is 0.354 e. The first-order chi connectivity index (χ1) is 6.93. The highest BCUT2D eigenvalue weighted by Crippen LogP contribution is 2.70. The van der Waals surface area contributed by atoms with Crippen LogP contribution in [0, 0.1) is 0 Å². The van der Waals surface area contributed by atoms with Crippen LogP contribution in [-0.2, 0) is 4.57 Å². The van der Waals surface area contributed by atoms with Crippen LogP contribution in [0.1, 0.15) is 0 Å². The summed E-state index contributed by atoms with van der Waals surface area (Å²) in [6.07, 6.45) is 1.84. The third-order valence-electron chi connectivity index (χ3n) is 1.11. The molecule has 0 heterocycles. The van der Waals surface area contributed by atoms with Gasteiger partial charge in [-0.15, -0.1) is 0 Å². The molecule has 0 saturated carbocycles. The minimum absolute atomic E-state index is 0.160. The molecule has 0 aliphatic heterocycles. The highest BCUT2D eigenvalue weighted by atomic mass is 33.5. The summed E-state index contributed by atoms with van der Waals surface area (Å²) in [4.78, 5) is 18.7. The molecule has 0 radical (unpaired) electrons. The summed E-state index contributed by atoms with van der Waals surface area (Å²) in [5, 5.41) is 5.31. The third-order valence-corrected chi connectivity index (χ3v) is 13.3. The first-order valence-electron chi connectivity index (χ1n) is 3.18. The van der Waals surface area contributed by atoms with Gasteiger partial charge in [0.1, 0.15) is 0 Å². The van der Waals surface area contributed by atoms with Crippen LogP contribution in [-0.4, -0.2) is 25.6 Å². The molecule has 0 amide bonds. The summed E-state index contributed by atoms with van der Waals surface area (Å²) in [5.74, 6) is 0.160. The molecule has 15 heavy (non-hydrogen) atoms. The predicted octanol–water partition coefficient (Wildman–Crippen LogP) is 3.31. The van der Waals surface area contributed by atoms with Gasteiger partial charge in [-0.25, -0.2) is 0 Å². The second-order valence-corrected chi connectivity index (χ2v) is 13.1. The van der Waals surface area contributed by atoms with E-state index < -0.39 is 11.4 Å². The van der Waals surface area contributed by atoms with E-state index in [2.05, 4.69) is 11.7 Å². The molecule has 0 aromatic rings. The van der Waals surface area contributed by atoms with E-state index in [9.17, 15) is 14.4 Å². The summed E-state index contributed by atoms with van der Waals surface area (Å²) >= 11 is 4.84. The van der Waals surface area contributed by atoms with Crippen molar-refractivity contribution in [1.29, 1.82) is 0 Å². The van der Waals surface area contributed by atoms with Crippen molar-refractivity contribution in [3.05, 3.63) is 0 Å². The lowest BCUT2D eigenvalue weighted by Gasteiger charge is -2.29.